The molecule has 2 aromatic rings. The summed E-state index contributed by atoms with van der Waals surface area (Å²) < 4.78 is 33.6. The summed E-state index contributed by atoms with van der Waals surface area (Å²) in [5, 5.41) is 0. The average Bonchev–Trinajstić information content (AvgIpc) is 2.92. The lowest BCUT2D eigenvalue weighted by Crippen LogP contribution is -2.23. The molecule has 0 spiro atoms. The smallest absolute Gasteiger partial charge is 0.350 e. The molecule has 0 bridgehead atoms. The molecule has 2 rings (SSSR count). The highest BCUT2D eigenvalue weighted by atomic mass is 31.2. The molecule has 1 atom stereocenters. The third-order valence-electron chi connectivity index (χ3n) is 3.44. The van der Waals surface area contributed by atoms with Crippen molar-refractivity contribution in [1.29, 1.82) is 0 Å². The lowest BCUT2D eigenvalue weighted by molar-refractivity contribution is 0.0468. The number of nitrogens with zero attached hydrogens (tertiary/aromatic N) is 3. The van der Waals surface area contributed by atoms with Crippen LogP contribution in [0.2, 0.25) is 0 Å². The van der Waals surface area contributed by atoms with E-state index in [-0.39, 0.29) is 43.5 Å². The Morgan fingerprint density at radius 3 is 2.50 bits per heavy atom. The third-order valence-corrected chi connectivity index (χ3v) is 4.73. The van der Waals surface area contributed by atoms with Crippen LogP contribution in [0.15, 0.2) is 11.1 Å². The predicted molar refractivity (Wildman–Crippen MR) is 96.6 cm³/mol. The van der Waals surface area contributed by atoms with Crippen LogP contribution in [0.3, 0.4) is 0 Å². The van der Waals surface area contributed by atoms with E-state index in [1.807, 2.05) is 0 Å². The molecule has 0 radical (unpaired) electrons. The van der Waals surface area contributed by atoms with Crippen molar-refractivity contribution in [2.75, 3.05) is 38.1 Å². The maximum Gasteiger partial charge on any atom is 0.350 e. The number of ether oxygens (including phenoxy) is 2. The zero-order valence-electron chi connectivity index (χ0n) is 14.5. The van der Waals surface area contributed by atoms with Gasteiger partial charge in [0.25, 0.3) is 5.56 Å². The van der Waals surface area contributed by atoms with Crippen LogP contribution in [0.5, 0.6) is 0 Å². The largest absolute Gasteiger partial charge is 0.380 e. The molecule has 14 nitrogen and oxygen atoms in total. The lowest BCUT2D eigenvalue weighted by atomic mass is 10.2. The topological polar surface area (TPSA) is 223 Å². The number of nitrogens with one attached hydrogen (secondary N) is 1. The van der Waals surface area contributed by atoms with E-state index in [0.29, 0.717) is 0 Å². The van der Waals surface area contributed by atoms with Crippen molar-refractivity contribution in [1.82, 2.24) is 19.5 Å². The molecular weight excluding hydrogens is 420 g/mol. The molecule has 0 amide bonds. The fourth-order valence-electron chi connectivity index (χ4n) is 2.31. The van der Waals surface area contributed by atoms with Gasteiger partial charge in [0.1, 0.15) is 6.35 Å². The molecule has 28 heavy (non-hydrogen) atoms. The highest BCUT2D eigenvalue weighted by Crippen LogP contribution is 2.34. The quantitative estimate of drug-likeness (QED) is 0.176. The number of fused-ring (bicyclic) bond motifs is 1. The maximum absolute atomic E-state index is 11.8. The number of hydrogen-bond acceptors (Lipinski definition) is 8. The molecule has 2 aromatic heterocycles. The minimum absolute atomic E-state index is 0.0283. The first-order chi connectivity index (χ1) is 12.9. The number of nitrogen functional groups attached to an aromatic ring is 1. The summed E-state index contributed by atoms with van der Waals surface area (Å²) in [6, 6.07) is 0. The monoisotopic (exact) mass is 441 g/mol. The molecule has 0 unspecified atom stereocenters. The summed E-state index contributed by atoms with van der Waals surface area (Å²) in [6.45, 7) is -0.225. The molecule has 0 saturated carbocycles. The van der Waals surface area contributed by atoms with Gasteiger partial charge in [0.05, 0.1) is 32.3 Å². The second-order valence-corrected chi connectivity index (χ2v) is 9.38. The standard InChI is InChI=1S/C12H21N5O9P2/c13-12-15-10-9(11(18)16-12)14-6-17(10)3-8(5-26-7-28(22,23)24)4-25-1-2-27(19,20)21/h6,8H,1-5,7H2,(H2,19,20,21)(H2,22,23,24)(H3,13,15,16,18)/t8-/m1/s1. The van der Waals surface area contributed by atoms with Crippen molar-refractivity contribution in [3.05, 3.63) is 16.7 Å². The number of nitrogens with two attached hydrogens (primary N) is 1. The van der Waals surface area contributed by atoms with Crippen LogP contribution in [-0.2, 0) is 25.1 Å². The number of aromatic amines is 1. The van der Waals surface area contributed by atoms with E-state index < -0.39 is 39.2 Å². The highest BCUT2D eigenvalue weighted by molar-refractivity contribution is 7.51. The Morgan fingerprint density at radius 1 is 1.18 bits per heavy atom. The normalized spacial score (nSPS) is 13.9. The predicted octanol–water partition coefficient (Wildman–Crippen LogP) is -1.34. The van der Waals surface area contributed by atoms with Gasteiger partial charge in [0.2, 0.25) is 5.95 Å². The second kappa shape index (κ2) is 9.25. The van der Waals surface area contributed by atoms with E-state index in [2.05, 4.69) is 15.0 Å². The fraction of sp³-hybridized carbons (Fsp3) is 0.583. The van der Waals surface area contributed by atoms with E-state index in [4.69, 9.17) is 34.8 Å². The SMILES string of the molecule is Nc1nc2c(ncn2C[C@H](COCCP(=O)(O)O)COCP(=O)(O)O)c(=O)[nH]1. The van der Waals surface area contributed by atoms with Gasteiger partial charge in [-0.2, -0.15) is 4.98 Å². The molecule has 0 aliphatic rings. The van der Waals surface area contributed by atoms with Crippen molar-refractivity contribution >= 4 is 32.3 Å². The molecule has 0 fully saturated rings. The number of hydrogen-bond donors (Lipinski definition) is 6. The van der Waals surface area contributed by atoms with Crippen LogP contribution < -0.4 is 11.3 Å². The van der Waals surface area contributed by atoms with Crippen LogP contribution in [0.1, 0.15) is 0 Å². The Kier molecular flexibility index (Phi) is 7.48. The van der Waals surface area contributed by atoms with Gasteiger partial charge in [-0.3, -0.25) is 18.9 Å². The Labute approximate surface area is 158 Å². The maximum atomic E-state index is 11.8. The average molecular weight is 441 g/mol. The fourth-order valence-corrected chi connectivity index (χ4v) is 3.02. The first-order valence-electron chi connectivity index (χ1n) is 7.90. The van der Waals surface area contributed by atoms with Crippen molar-refractivity contribution < 1.29 is 38.2 Å². The van der Waals surface area contributed by atoms with E-state index in [1.165, 1.54) is 10.9 Å². The zero-order chi connectivity index (χ0) is 20.9. The molecule has 0 aliphatic carbocycles. The van der Waals surface area contributed by atoms with Crippen LogP contribution in [0.4, 0.5) is 5.95 Å². The molecular formula is C12H21N5O9P2. The van der Waals surface area contributed by atoms with Gasteiger partial charge >= 0.3 is 15.2 Å². The van der Waals surface area contributed by atoms with Gasteiger partial charge in [-0.05, 0) is 0 Å². The molecule has 16 heteroatoms. The van der Waals surface area contributed by atoms with Crippen molar-refractivity contribution in [3.8, 4) is 0 Å². The minimum Gasteiger partial charge on any atom is -0.380 e. The summed E-state index contributed by atoms with van der Waals surface area (Å²) in [5.41, 5.74) is 5.28. The summed E-state index contributed by atoms with van der Waals surface area (Å²) in [4.78, 5) is 57.6. The third kappa shape index (κ3) is 7.41. The molecule has 0 aromatic carbocycles. The summed E-state index contributed by atoms with van der Waals surface area (Å²) in [7, 11) is -8.56. The van der Waals surface area contributed by atoms with Crippen LogP contribution in [0, 0.1) is 5.92 Å². The minimum atomic E-state index is -4.36. The van der Waals surface area contributed by atoms with E-state index in [1.54, 1.807) is 0 Å². The van der Waals surface area contributed by atoms with Gasteiger partial charge in [0.15, 0.2) is 11.2 Å². The van der Waals surface area contributed by atoms with Gasteiger partial charge in [-0.15, -0.1) is 0 Å². The van der Waals surface area contributed by atoms with E-state index >= 15 is 0 Å². The first kappa shape index (κ1) is 22.7. The number of rotatable bonds is 11. The number of aromatic nitrogens is 4. The Balaban J connectivity index is 2.08. The summed E-state index contributed by atoms with van der Waals surface area (Å²) >= 11 is 0. The van der Waals surface area contributed by atoms with Gasteiger partial charge in [-0.1, -0.05) is 0 Å². The van der Waals surface area contributed by atoms with E-state index in [0.717, 1.165) is 0 Å². The van der Waals surface area contributed by atoms with Gasteiger partial charge in [-0.25, -0.2) is 4.98 Å². The summed E-state index contributed by atoms with van der Waals surface area (Å²) in [6.07, 6.45) is 0.0873. The molecule has 7 N–H and O–H groups in total. The van der Waals surface area contributed by atoms with Crippen LogP contribution in [0.25, 0.3) is 11.2 Å². The number of H-pyrrole nitrogens is 1. The van der Waals surface area contributed by atoms with Crippen LogP contribution in [-0.4, -0.2) is 71.4 Å². The first-order valence-corrected chi connectivity index (χ1v) is 11.5. The molecule has 2 heterocycles. The Bertz CT molecular complexity index is 949. The van der Waals surface area contributed by atoms with Crippen molar-refractivity contribution in [3.63, 3.8) is 0 Å². The van der Waals surface area contributed by atoms with E-state index in [9.17, 15) is 13.9 Å². The number of anilines is 1. The zero-order valence-corrected chi connectivity index (χ0v) is 16.3. The molecule has 0 saturated heterocycles. The van der Waals surface area contributed by atoms with Crippen molar-refractivity contribution in [2.45, 2.75) is 6.54 Å². The van der Waals surface area contributed by atoms with Gasteiger partial charge in [0, 0.05) is 12.5 Å². The Morgan fingerprint density at radius 2 is 1.86 bits per heavy atom. The highest BCUT2D eigenvalue weighted by Gasteiger charge is 2.19. The van der Waals surface area contributed by atoms with Crippen molar-refractivity contribution in [2.24, 2.45) is 5.92 Å². The molecule has 0 aliphatic heterocycles. The Hall–Kier alpha value is -1.63. The molecule has 158 valence electrons. The van der Waals surface area contributed by atoms with Crippen LogP contribution >= 0.6 is 15.2 Å². The number of imidazole rings is 1. The second-order valence-electron chi connectivity index (χ2n) is 6.01. The van der Waals surface area contributed by atoms with Gasteiger partial charge < -0.3 is 39.3 Å². The lowest BCUT2D eigenvalue weighted by Gasteiger charge is -2.18. The summed E-state index contributed by atoms with van der Waals surface area (Å²) in [5.74, 6) is -0.588.